The van der Waals surface area contributed by atoms with Crippen molar-refractivity contribution in [3.8, 4) is 17.1 Å². The molecule has 0 fully saturated rings. The van der Waals surface area contributed by atoms with Crippen LogP contribution in [0.1, 0.15) is 11.1 Å². The van der Waals surface area contributed by atoms with E-state index in [0.29, 0.717) is 18.0 Å². The second-order valence-corrected chi connectivity index (χ2v) is 6.62. The molecule has 0 amide bonds. The first-order valence-corrected chi connectivity index (χ1v) is 8.99. The summed E-state index contributed by atoms with van der Waals surface area (Å²) in [5.41, 5.74) is 2.15. The minimum absolute atomic E-state index is 0.0278. The van der Waals surface area contributed by atoms with Gasteiger partial charge >= 0.3 is 17.9 Å². The van der Waals surface area contributed by atoms with E-state index in [0.717, 1.165) is 16.7 Å². The predicted molar refractivity (Wildman–Crippen MR) is 102 cm³/mol. The number of ether oxygens (including phenoxy) is 1. The van der Waals surface area contributed by atoms with Crippen LogP contribution in [0.25, 0.3) is 16.8 Å². The molecule has 0 aliphatic heterocycles. The lowest BCUT2D eigenvalue weighted by atomic mass is 10.1. The Bertz CT molecular complexity index is 1230. The van der Waals surface area contributed by atoms with Crippen LogP contribution in [0.4, 0.5) is 13.2 Å². The first kappa shape index (κ1) is 19.6. The molecule has 154 valence electrons. The van der Waals surface area contributed by atoms with Crippen LogP contribution in [-0.2, 0) is 12.7 Å². The highest BCUT2D eigenvalue weighted by atomic mass is 19.4. The Kier molecular flexibility index (Phi) is 4.98. The zero-order chi connectivity index (χ0) is 21.3. The van der Waals surface area contributed by atoms with Crippen molar-refractivity contribution in [1.29, 1.82) is 0 Å². The molecule has 0 radical (unpaired) electrons. The van der Waals surface area contributed by atoms with E-state index < -0.39 is 11.7 Å². The highest BCUT2D eigenvalue weighted by Crippen LogP contribution is 2.28. The van der Waals surface area contributed by atoms with Crippen LogP contribution in [0, 0.1) is 6.92 Å². The lowest BCUT2D eigenvalue weighted by Crippen LogP contribution is -2.24. The molecular weight excluding hydrogens is 399 g/mol. The Morgan fingerprint density at radius 2 is 1.67 bits per heavy atom. The quantitative estimate of drug-likeness (QED) is 0.500. The summed E-state index contributed by atoms with van der Waals surface area (Å²) < 4.78 is 45.5. The summed E-state index contributed by atoms with van der Waals surface area (Å²) in [7, 11) is 0. The van der Waals surface area contributed by atoms with Crippen LogP contribution < -0.4 is 10.4 Å². The average molecular weight is 415 g/mol. The van der Waals surface area contributed by atoms with Crippen LogP contribution in [0.5, 0.6) is 6.01 Å². The highest BCUT2D eigenvalue weighted by Gasteiger charge is 2.31. The summed E-state index contributed by atoms with van der Waals surface area (Å²) in [6.45, 7) is 2.06. The summed E-state index contributed by atoms with van der Waals surface area (Å²) in [6.07, 6.45) is -1.51. The summed E-state index contributed by atoms with van der Waals surface area (Å²) in [4.78, 5) is 19.7. The minimum atomic E-state index is -4.51. The second kappa shape index (κ2) is 7.62. The maximum absolute atomic E-state index is 12.6. The van der Waals surface area contributed by atoms with Crippen molar-refractivity contribution < 1.29 is 17.9 Å². The van der Waals surface area contributed by atoms with Gasteiger partial charge in [0.1, 0.15) is 6.61 Å². The molecule has 0 atom stereocenters. The standard InChI is InChI=1S/C20H16F3N5O2/c1-13-2-4-14(5-3-13)15-6-7-17-26-28(19(29)27(17)12-15)8-9-30-18-24-10-16(11-25-18)20(21,22)23/h2-7,10-12H,8-9H2,1H3. The molecule has 0 N–H and O–H groups in total. The van der Waals surface area contributed by atoms with Gasteiger partial charge in [0.05, 0.1) is 12.1 Å². The number of aromatic nitrogens is 5. The minimum Gasteiger partial charge on any atom is -0.461 e. The molecule has 1 aromatic carbocycles. The lowest BCUT2D eigenvalue weighted by Gasteiger charge is -2.06. The van der Waals surface area contributed by atoms with Crippen LogP contribution in [0.15, 0.2) is 59.8 Å². The van der Waals surface area contributed by atoms with Gasteiger partial charge in [-0.25, -0.2) is 23.8 Å². The third-order valence-corrected chi connectivity index (χ3v) is 4.45. The summed E-state index contributed by atoms with van der Waals surface area (Å²) in [6, 6.07) is 11.4. The largest absolute Gasteiger partial charge is 0.461 e. The van der Waals surface area contributed by atoms with Gasteiger partial charge in [0.2, 0.25) is 0 Å². The van der Waals surface area contributed by atoms with Crippen molar-refractivity contribution in [1.82, 2.24) is 24.1 Å². The second-order valence-electron chi connectivity index (χ2n) is 6.62. The third kappa shape index (κ3) is 4.02. The van der Waals surface area contributed by atoms with Gasteiger partial charge in [-0.05, 0) is 30.2 Å². The average Bonchev–Trinajstić information content (AvgIpc) is 3.03. The van der Waals surface area contributed by atoms with E-state index in [4.69, 9.17) is 4.74 Å². The smallest absolute Gasteiger partial charge is 0.419 e. The van der Waals surface area contributed by atoms with E-state index in [1.165, 1.54) is 9.08 Å². The van der Waals surface area contributed by atoms with Crippen LogP contribution >= 0.6 is 0 Å². The third-order valence-electron chi connectivity index (χ3n) is 4.45. The van der Waals surface area contributed by atoms with Gasteiger partial charge in [0.25, 0.3) is 0 Å². The maximum atomic E-state index is 12.6. The molecular formula is C20H16F3N5O2. The number of pyridine rings is 1. The summed E-state index contributed by atoms with van der Waals surface area (Å²) in [5.74, 6) is 0. The number of fused-ring (bicyclic) bond motifs is 1. The van der Waals surface area contributed by atoms with E-state index in [2.05, 4.69) is 15.1 Å². The Morgan fingerprint density at radius 3 is 2.33 bits per heavy atom. The highest BCUT2D eigenvalue weighted by molar-refractivity contribution is 5.64. The molecule has 0 bridgehead atoms. The van der Waals surface area contributed by atoms with Crippen LogP contribution in [-0.4, -0.2) is 30.8 Å². The Balaban J connectivity index is 1.47. The number of alkyl halides is 3. The molecule has 0 aliphatic carbocycles. The molecule has 0 unspecified atom stereocenters. The topological polar surface area (TPSA) is 74.3 Å². The molecule has 0 saturated carbocycles. The monoisotopic (exact) mass is 415 g/mol. The first-order chi connectivity index (χ1) is 14.3. The molecule has 30 heavy (non-hydrogen) atoms. The molecule has 10 heteroatoms. The number of hydrogen-bond acceptors (Lipinski definition) is 5. The Hall–Kier alpha value is -3.69. The van der Waals surface area contributed by atoms with Crippen molar-refractivity contribution >= 4 is 5.65 Å². The molecule has 0 saturated heterocycles. The Morgan fingerprint density at radius 1 is 1.00 bits per heavy atom. The maximum Gasteiger partial charge on any atom is 0.419 e. The van der Waals surface area contributed by atoms with Gasteiger partial charge in [-0.1, -0.05) is 29.8 Å². The Labute approximate surface area is 168 Å². The zero-order valence-corrected chi connectivity index (χ0v) is 15.8. The summed E-state index contributed by atoms with van der Waals surface area (Å²) >= 11 is 0. The van der Waals surface area contributed by atoms with Gasteiger partial charge in [-0.3, -0.25) is 0 Å². The molecule has 0 spiro atoms. The van der Waals surface area contributed by atoms with Crippen molar-refractivity contribution in [2.75, 3.05) is 6.61 Å². The zero-order valence-electron chi connectivity index (χ0n) is 15.8. The van der Waals surface area contributed by atoms with Gasteiger partial charge < -0.3 is 4.74 Å². The normalized spacial score (nSPS) is 11.7. The number of aryl methyl sites for hydroxylation is 1. The number of hydrogen-bond donors (Lipinski definition) is 0. The van der Waals surface area contributed by atoms with Crippen molar-refractivity contribution in [2.45, 2.75) is 19.6 Å². The van der Waals surface area contributed by atoms with Crippen LogP contribution in [0.3, 0.4) is 0 Å². The predicted octanol–water partition coefficient (Wildman–Crippen LogP) is 3.36. The van der Waals surface area contributed by atoms with Gasteiger partial charge in [-0.15, -0.1) is 5.10 Å². The fourth-order valence-corrected chi connectivity index (χ4v) is 2.84. The van der Waals surface area contributed by atoms with Crippen molar-refractivity contribution in [3.63, 3.8) is 0 Å². The number of benzene rings is 1. The van der Waals surface area contributed by atoms with Gasteiger partial charge in [-0.2, -0.15) is 13.2 Å². The van der Waals surface area contributed by atoms with Gasteiger partial charge in [0.15, 0.2) is 5.65 Å². The van der Waals surface area contributed by atoms with E-state index in [9.17, 15) is 18.0 Å². The SMILES string of the molecule is Cc1ccc(-c2ccc3nn(CCOc4ncc(C(F)(F)F)cn4)c(=O)n3c2)cc1. The number of nitrogens with zero attached hydrogens (tertiary/aromatic N) is 5. The van der Waals surface area contributed by atoms with E-state index in [1.807, 2.05) is 37.3 Å². The van der Waals surface area contributed by atoms with E-state index >= 15 is 0 Å². The fraction of sp³-hybridized carbons (Fsp3) is 0.200. The van der Waals surface area contributed by atoms with Crippen molar-refractivity contribution in [3.05, 3.63) is 76.6 Å². The molecule has 3 heterocycles. The molecule has 4 aromatic rings. The lowest BCUT2D eigenvalue weighted by molar-refractivity contribution is -0.138. The van der Waals surface area contributed by atoms with Crippen LogP contribution in [0.2, 0.25) is 0 Å². The molecule has 7 nitrogen and oxygen atoms in total. The van der Waals surface area contributed by atoms with Crippen molar-refractivity contribution in [2.24, 2.45) is 0 Å². The molecule has 4 rings (SSSR count). The fourth-order valence-electron chi connectivity index (χ4n) is 2.84. The van der Waals surface area contributed by atoms with E-state index in [-0.39, 0.29) is 24.9 Å². The molecule has 3 aromatic heterocycles. The van der Waals surface area contributed by atoms with Gasteiger partial charge in [0, 0.05) is 18.6 Å². The number of halogens is 3. The number of rotatable bonds is 5. The van der Waals surface area contributed by atoms with E-state index in [1.54, 1.807) is 12.3 Å². The molecule has 0 aliphatic rings. The summed E-state index contributed by atoms with van der Waals surface area (Å²) in [5, 5.41) is 4.24. The first-order valence-electron chi connectivity index (χ1n) is 8.99.